The second kappa shape index (κ2) is 7.13. The Morgan fingerprint density at radius 1 is 1.10 bits per heavy atom. The molecule has 104 valence electrons. The molecular weight excluding hydrogens is 286 g/mol. The molecule has 2 aromatic rings. The van der Waals surface area contributed by atoms with Gasteiger partial charge in [0.05, 0.1) is 0 Å². The van der Waals surface area contributed by atoms with E-state index in [0.717, 1.165) is 0 Å². The first-order chi connectivity index (χ1) is 10.2. The highest BCUT2D eigenvalue weighted by molar-refractivity contribution is 6.30. The molecule has 0 radical (unpaired) electrons. The minimum absolute atomic E-state index is 0.0289. The van der Waals surface area contributed by atoms with Crippen molar-refractivity contribution >= 4 is 28.9 Å². The van der Waals surface area contributed by atoms with E-state index in [0.29, 0.717) is 16.4 Å². The predicted octanol–water partition coefficient (Wildman–Crippen LogP) is 3.80. The number of hydrogen-bond donors (Lipinski definition) is 2. The SMILES string of the molecule is N#C/C(=C\Nc1cccc(Cl)c1)C(=O)Nc1ccccc1. The van der Waals surface area contributed by atoms with Crippen molar-refractivity contribution in [3.05, 3.63) is 71.4 Å². The summed E-state index contributed by atoms with van der Waals surface area (Å²) < 4.78 is 0. The van der Waals surface area contributed by atoms with Gasteiger partial charge in [0.1, 0.15) is 11.6 Å². The van der Waals surface area contributed by atoms with Crippen molar-refractivity contribution in [2.75, 3.05) is 10.6 Å². The molecule has 5 heteroatoms. The van der Waals surface area contributed by atoms with Gasteiger partial charge in [0.15, 0.2) is 0 Å². The highest BCUT2D eigenvalue weighted by Crippen LogP contribution is 2.15. The van der Waals surface area contributed by atoms with Gasteiger partial charge < -0.3 is 10.6 Å². The molecule has 2 aromatic carbocycles. The van der Waals surface area contributed by atoms with Crippen LogP contribution in [0.15, 0.2) is 66.4 Å². The average molecular weight is 298 g/mol. The largest absolute Gasteiger partial charge is 0.360 e. The molecule has 0 fully saturated rings. The monoisotopic (exact) mass is 297 g/mol. The van der Waals surface area contributed by atoms with Crippen molar-refractivity contribution in [3.63, 3.8) is 0 Å². The fourth-order valence-electron chi connectivity index (χ4n) is 1.60. The molecule has 21 heavy (non-hydrogen) atoms. The summed E-state index contributed by atoms with van der Waals surface area (Å²) in [6.45, 7) is 0. The lowest BCUT2D eigenvalue weighted by Gasteiger charge is -2.05. The smallest absolute Gasteiger partial charge is 0.267 e. The minimum atomic E-state index is -0.474. The molecule has 2 N–H and O–H groups in total. The molecule has 0 aliphatic heterocycles. The molecule has 4 nitrogen and oxygen atoms in total. The molecule has 0 unspecified atom stereocenters. The van der Waals surface area contributed by atoms with E-state index < -0.39 is 5.91 Å². The Bertz CT molecular complexity index is 705. The van der Waals surface area contributed by atoms with Gasteiger partial charge in [0, 0.05) is 22.6 Å². The first-order valence-electron chi connectivity index (χ1n) is 6.18. The van der Waals surface area contributed by atoms with Crippen molar-refractivity contribution < 1.29 is 4.79 Å². The number of hydrogen-bond acceptors (Lipinski definition) is 3. The molecule has 2 rings (SSSR count). The van der Waals surface area contributed by atoms with Crippen LogP contribution in [0, 0.1) is 11.3 Å². The summed E-state index contributed by atoms with van der Waals surface area (Å²) in [7, 11) is 0. The van der Waals surface area contributed by atoms with E-state index in [4.69, 9.17) is 16.9 Å². The van der Waals surface area contributed by atoms with Crippen molar-refractivity contribution in [3.8, 4) is 6.07 Å². The van der Waals surface area contributed by atoms with Gasteiger partial charge in [0.2, 0.25) is 0 Å². The maximum absolute atomic E-state index is 12.0. The number of benzene rings is 2. The standard InChI is InChI=1S/C16H12ClN3O/c17-13-5-4-8-15(9-13)19-11-12(10-18)16(21)20-14-6-2-1-3-7-14/h1-9,11,19H,(H,20,21)/b12-11+. The van der Waals surface area contributed by atoms with Gasteiger partial charge in [-0.15, -0.1) is 0 Å². The highest BCUT2D eigenvalue weighted by atomic mass is 35.5. The van der Waals surface area contributed by atoms with Crippen LogP contribution in [0.1, 0.15) is 0 Å². The normalized spacial score (nSPS) is 10.6. The lowest BCUT2D eigenvalue weighted by Crippen LogP contribution is -2.14. The van der Waals surface area contributed by atoms with E-state index >= 15 is 0 Å². The highest BCUT2D eigenvalue weighted by Gasteiger charge is 2.08. The summed E-state index contributed by atoms with van der Waals surface area (Å²) in [6, 6.07) is 17.8. The van der Waals surface area contributed by atoms with Crippen LogP contribution in [-0.2, 0) is 4.79 Å². The molecule has 0 atom stereocenters. The fourth-order valence-corrected chi connectivity index (χ4v) is 1.79. The number of carbonyl (C=O) groups is 1. The first kappa shape index (κ1) is 14.6. The third-order valence-electron chi connectivity index (χ3n) is 2.60. The Balaban J connectivity index is 2.07. The second-order valence-electron chi connectivity index (χ2n) is 4.14. The molecule has 0 bridgehead atoms. The zero-order valence-corrected chi connectivity index (χ0v) is 11.8. The number of rotatable bonds is 4. The van der Waals surface area contributed by atoms with Gasteiger partial charge in [-0.25, -0.2) is 0 Å². The van der Waals surface area contributed by atoms with E-state index in [1.807, 2.05) is 12.1 Å². The van der Waals surface area contributed by atoms with E-state index in [9.17, 15) is 4.79 Å². The first-order valence-corrected chi connectivity index (χ1v) is 6.55. The molecule has 0 saturated heterocycles. The Labute approximate surface area is 127 Å². The van der Waals surface area contributed by atoms with E-state index in [-0.39, 0.29) is 5.57 Å². The van der Waals surface area contributed by atoms with E-state index in [1.54, 1.807) is 48.5 Å². The Morgan fingerprint density at radius 2 is 1.81 bits per heavy atom. The number of carbonyl (C=O) groups excluding carboxylic acids is 1. The Morgan fingerprint density at radius 3 is 2.48 bits per heavy atom. The molecule has 0 aromatic heterocycles. The van der Waals surface area contributed by atoms with Crippen LogP contribution in [0.5, 0.6) is 0 Å². The molecule has 0 saturated carbocycles. The lowest BCUT2D eigenvalue weighted by atomic mass is 10.2. The van der Waals surface area contributed by atoms with Gasteiger partial charge >= 0.3 is 0 Å². The summed E-state index contributed by atoms with van der Waals surface area (Å²) in [4.78, 5) is 12.0. The van der Waals surface area contributed by atoms with Gasteiger partial charge in [-0.3, -0.25) is 4.79 Å². The fraction of sp³-hybridized carbons (Fsp3) is 0. The van der Waals surface area contributed by atoms with Crippen molar-refractivity contribution in [2.45, 2.75) is 0 Å². The van der Waals surface area contributed by atoms with Crippen molar-refractivity contribution in [1.82, 2.24) is 0 Å². The van der Waals surface area contributed by atoms with E-state index in [2.05, 4.69) is 10.6 Å². The van der Waals surface area contributed by atoms with Crippen LogP contribution in [-0.4, -0.2) is 5.91 Å². The molecule has 0 heterocycles. The molecule has 1 amide bonds. The summed E-state index contributed by atoms with van der Waals surface area (Å²) in [5.41, 5.74) is 1.30. The lowest BCUT2D eigenvalue weighted by molar-refractivity contribution is -0.112. The zero-order valence-electron chi connectivity index (χ0n) is 11.0. The number of anilines is 2. The molecule has 0 aliphatic carbocycles. The molecule has 0 aliphatic rings. The minimum Gasteiger partial charge on any atom is -0.360 e. The summed E-state index contributed by atoms with van der Waals surface area (Å²) in [6.07, 6.45) is 1.35. The second-order valence-corrected chi connectivity index (χ2v) is 4.58. The number of para-hydroxylation sites is 1. The molecular formula is C16H12ClN3O. The van der Waals surface area contributed by atoms with Crippen LogP contribution in [0.2, 0.25) is 5.02 Å². The maximum Gasteiger partial charge on any atom is 0.267 e. The van der Waals surface area contributed by atoms with Crippen LogP contribution in [0.3, 0.4) is 0 Å². The third-order valence-corrected chi connectivity index (χ3v) is 2.84. The number of nitrogens with one attached hydrogen (secondary N) is 2. The number of nitriles is 1. The van der Waals surface area contributed by atoms with Crippen LogP contribution in [0.25, 0.3) is 0 Å². The summed E-state index contributed by atoms with van der Waals surface area (Å²) in [5, 5.41) is 15.2. The summed E-state index contributed by atoms with van der Waals surface area (Å²) >= 11 is 5.86. The zero-order chi connectivity index (χ0) is 15.1. The van der Waals surface area contributed by atoms with Crippen LogP contribution >= 0.6 is 11.6 Å². The maximum atomic E-state index is 12.0. The van der Waals surface area contributed by atoms with Gasteiger partial charge in [-0.2, -0.15) is 5.26 Å². The van der Waals surface area contributed by atoms with Crippen LogP contribution < -0.4 is 10.6 Å². The molecule has 0 spiro atoms. The van der Waals surface area contributed by atoms with Gasteiger partial charge in [0.25, 0.3) is 5.91 Å². The van der Waals surface area contributed by atoms with E-state index in [1.165, 1.54) is 6.20 Å². The van der Waals surface area contributed by atoms with Gasteiger partial charge in [-0.1, -0.05) is 35.9 Å². The van der Waals surface area contributed by atoms with Crippen LogP contribution in [0.4, 0.5) is 11.4 Å². The van der Waals surface area contributed by atoms with Crippen molar-refractivity contribution in [1.29, 1.82) is 5.26 Å². The number of nitrogens with zero attached hydrogens (tertiary/aromatic N) is 1. The summed E-state index contributed by atoms with van der Waals surface area (Å²) in [5.74, 6) is -0.474. The Hall–Kier alpha value is -2.77. The average Bonchev–Trinajstić information content (AvgIpc) is 2.49. The van der Waals surface area contributed by atoms with Gasteiger partial charge in [-0.05, 0) is 30.3 Å². The predicted molar refractivity (Wildman–Crippen MR) is 83.8 cm³/mol. The topological polar surface area (TPSA) is 64.9 Å². The Kier molecular flexibility index (Phi) is 4.97. The van der Waals surface area contributed by atoms with Crippen molar-refractivity contribution in [2.24, 2.45) is 0 Å². The third kappa shape index (κ3) is 4.37. The quantitative estimate of drug-likeness (QED) is 0.666. The number of halogens is 1. The number of amides is 1.